The van der Waals surface area contributed by atoms with Crippen molar-refractivity contribution in [2.45, 2.75) is 72.1 Å². The standard InChI is InChI=1S/C24H34O4/c1-4-11-28-14-21(27)19-8-7-18-17-6-5-15-12-16(25)9-10-23(15,2)22(17)20(26)13-24(18,19)3/h12,17-19,22H,4-11,13-14H2,1-3H3/t17-,18-,19+,22+,23-,24-/m0/s1. The number of rotatable bonds is 5. The molecular formula is C24H34O4. The van der Waals surface area contributed by atoms with Crippen molar-refractivity contribution in [3.05, 3.63) is 11.6 Å². The smallest absolute Gasteiger partial charge is 0.162 e. The highest BCUT2D eigenvalue weighted by Crippen LogP contribution is 2.65. The minimum atomic E-state index is -0.215. The summed E-state index contributed by atoms with van der Waals surface area (Å²) in [5.41, 5.74) is 0.842. The van der Waals surface area contributed by atoms with Crippen LogP contribution in [0.2, 0.25) is 0 Å². The molecule has 0 amide bonds. The highest BCUT2D eigenvalue weighted by molar-refractivity contribution is 5.93. The Morgan fingerprint density at radius 3 is 2.71 bits per heavy atom. The molecule has 28 heavy (non-hydrogen) atoms. The van der Waals surface area contributed by atoms with Crippen molar-refractivity contribution >= 4 is 17.3 Å². The summed E-state index contributed by atoms with van der Waals surface area (Å²) in [5, 5.41) is 0. The highest BCUT2D eigenvalue weighted by atomic mass is 16.5. The zero-order chi connectivity index (χ0) is 20.1. The number of allylic oxidation sites excluding steroid dienone is 1. The van der Waals surface area contributed by atoms with Crippen LogP contribution in [0, 0.1) is 34.5 Å². The second-order valence-electron chi connectivity index (χ2n) is 10.1. The lowest BCUT2D eigenvalue weighted by atomic mass is 9.46. The van der Waals surface area contributed by atoms with Crippen molar-refractivity contribution in [2.24, 2.45) is 34.5 Å². The van der Waals surface area contributed by atoms with Gasteiger partial charge in [0.15, 0.2) is 11.6 Å². The third kappa shape index (κ3) is 2.94. The Morgan fingerprint density at radius 1 is 1.18 bits per heavy atom. The molecule has 3 saturated carbocycles. The summed E-state index contributed by atoms with van der Waals surface area (Å²) in [6.45, 7) is 7.27. The number of fused-ring (bicyclic) bond motifs is 5. The number of ether oxygens (including phenoxy) is 1. The van der Waals surface area contributed by atoms with Crippen LogP contribution in [-0.2, 0) is 19.1 Å². The van der Waals surface area contributed by atoms with Crippen LogP contribution in [0.3, 0.4) is 0 Å². The molecule has 0 saturated heterocycles. The van der Waals surface area contributed by atoms with Gasteiger partial charge < -0.3 is 4.74 Å². The van der Waals surface area contributed by atoms with Crippen LogP contribution in [0.4, 0.5) is 0 Å². The molecule has 0 aromatic rings. The number of ketones is 3. The minimum Gasteiger partial charge on any atom is -0.374 e. The molecule has 6 atom stereocenters. The second-order valence-corrected chi connectivity index (χ2v) is 10.1. The summed E-state index contributed by atoms with van der Waals surface area (Å²) in [5.74, 6) is 1.52. The summed E-state index contributed by atoms with van der Waals surface area (Å²) in [6.07, 6.45) is 8.49. The van der Waals surface area contributed by atoms with Crippen molar-refractivity contribution in [1.29, 1.82) is 0 Å². The van der Waals surface area contributed by atoms with Gasteiger partial charge in [-0.1, -0.05) is 26.3 Å². The quantitative estimate of drug-likeness (QED) is 0.661. The van der Waals surface area contributed by atoms with Crippen LogP contribution in [0.15, 0.2) is 11.6 Å². The largest absolute Gasteiger partial charge is 0.374 e. The molecule has 0 aromatic carbocycles. The second kappa shape index (κ2) is 7.19. The Balaban J connectivity index is 1.59. The van der Waals surface area contributed by atoms with Gasteiger partial charge in [-0.05, 0) is 67.3 Å². The Morgan fingerprint density at radius 2 is 1.96 bits per heavy atom. The van der Waals surface area contributed by atoms with E-state index in [9.17, 15) is 14.4 Å². The van der Waals surface area contributed by atoms with E-state index in [2.05, 4.69) is 13.8 Å². The van der Waals surface area contributed by atoms with Gasteiger partial charge in [0, 0.05) is 31.3 Å². The molecule has 0 bridgehead atoms. The van der Waals surface area contributed by atoms with Gasteiger partial charge in [-0.2, -0.15) is 0 Å². The molecule has 154 valence electrons. The first-order valence-corrected chi connectivity index (χ1v) is 11.2. The number of Topliss-reactive ketones (excluding diaryl/α,β-unsaturated/α-hetero) is 2. The van der Waals surface area contributed by atoms with Gasteiger partial charge in [0.25, 0.3) is 0 Å². The summed E-state index contributed by atoms with van der Waals surface area (Å²) < 4.78 is 5.54. The van der Waals surface area contributed by atoms with Crippen LogP contribution in [0.5, 0.6) is 0 Å². The summed E-state index contributed by atoms with van der Waals surface area (Å²) in [4.78, 5) is 38.3. The van der Waals surface area contributed by atoms with E-state index in [1.807, 2.05) is 13.0 Å². The highest BCUT2D eigenvalue weighted by Gasteiger charge is 2.63. The van der Waals surface area contributed by atoms with E-state index in [0.29, 0.717) is 37.1 Å². The lowest BCUT2D eigenvalue weighted by Gasteiger charge is -2.56. The average molecular weight is 387 g/mol. The predicted octanol–water partition coefficient (Wildman–Crippen LogP) is 4.31. The lowest BCUT2D eigenvalue weighted by molar-refractivity contribution is -0.149. The Hall–Kier alpha value is -1.29. The zero-order valence-electron chi connectivity index (χ0n) is 17.6. The first-order chi connectivity index (χ1) is 13.3. The Labute approximate surface area is 168 Å². The maximum atomic E-state index is 13.5. The van der Waals surface area contributed by atoms with Crippen LogP contribution in [-0.4, -0.2) is 30.6 Å². The molecule has 0 aromatic heterocycles. The number of carbonyl (C=O) groups is 3. The van der Waals surface area contributed by atoms with E-state index in [-0.39, 0.29) is 40.8 Å². The third-order valence-corrected chi connectivity index (χ3v) is 8.63. The van der Waals surface area contributed by atoms with Gasteiger partial charge >= 0.3 is 0 Å². The SMILES string of the molecule is CCCOCC(=O)[C@H]1CC[C@H]2[C@@H]3CCC4=CC(=O)CC[C@]4(C)[C@H]3C(=O)C[C@]12C. The zero-order valence-corrected chi connectivity index (χ0v) is 17.6. The monoisotopic (exact) mass is 386 g/mol. The van der Waals surface area contributed by atoms with Crippen molar-refractivity contribution in [2.75, 3.05) is 13.2 Å². The normalized spacial score (nSPS) is 42.5. The molecule has 4 rings (SSSR count). The van der Waals surface area contributed by atoms with E-state index < -0.39 is 0 Å². The minimum absolute atomic E-state index is 0.0314. The van der Waals surface area contributed by atoms with Crippen LogP contribution >= 0.6 is 0 Å². The average Bonchev–Trinajstić information content (AvgIpc) is 2.98. The van der Waals surface area contributed by atoms with Gasteiger partial charge in [0.2, 0.25) is 0 Å². The van der Waals surface area contributed by atoms with Crippen LogP contribution in [0.1, 0.15) is 72.1 Å². The molecular weight excluding hydrogens is 352 g/mol. The molecule has 4 aliphatic rings. The molecule has 3 fully saturated rings. The van der Waals surface area contributed by atoms with Gasteiger partial charge in [-0.25, -0.2) is 0 Å². The maximum absolute atomic E-state index is 13.5. The van der Waals surface area contributed by atoms with Crippen molar-refractivity contribution in [3.8, 4) is 0 Å². The fourth-order valence-corrected chi connectivity index (χ4v) is 7.33. The third-order valence-electron chi connectivity index (χ3n) is 8.63. The molecule has 0 unspecified atom stereocenters. The summed E-state index contributed by atoms with van der Waals surface area (Å²) in [6, 6.07) is 0. The lowest BCUT2D eigenvalue weighted by Crippen LogP contribution is -2.55. The summed E-state index contributed by atoms with van der Waals surface area (Å²) in [7, 11) is 0. The molecule has 0 radical (unpaired) electrons. The van der Waals surface area contributed by atoms with Crippen LogP contribution < -0.4 is 0 Å². The Bertz CT molecular complexity index is 722. The van der Waals surface area contributed by atoms with Crippen molar-refractivity contribution in [1.82, 2.24) is 0 Å². The van der Waals surface area contributed by atoms with Gasteiger partial charge in [0.1, 0.15) is 12.4 Å². The fraction of sp³-hybridized carbons (Fsp3) is 0.792. The van der Waals surface area contributed by atoms with Crippen molar-refractivity contribution < 1.29 is 19.1 Å². The van der Waals surface area contributed by atoms with Gasteiger partial charge in [0.05, 0.1) is 0 Å². The molecule has 0 N–H and O–H groups in total. The van der Waals surface area contributed by atoms with E-state index in [4.69, 9.17) is 4.74 Å². The maximum Gasteiger partial charge on any atom is 0.162 e. The van der Waals surface area contributed by atoms with Gasteiger partial charge in [-0.3, -0.25) is 14.4 Å². The number of carbonyl (C=O) groups excluding carboxylic acids is 3. The molecule has 4 aliphatic carbocycles. The summed E-state index contributed by atoms with van der Waals surface area (Å²) >= 11 is 0. The van der Waals surface area contributed by atoms with Crippen molar-refractivity contribution in [3.63, 3.8) is 0 Å². The van der Waals surface area contributed by atoms with E-state index in [0.717, 1.165) is 38.5 Å². The van der Waals surface area contributed by atoms with Crippen LogP contribution in [0.25, 0.3) is 0 Å². The fourth-order valence-electron chi connectivity index (χ4n) is 7.33. The molecule has 4 heteroatoms. The molecule has 0 aliphatic heterocycles. The van der Waals surface area contributed by atoms with E-state index >= 15 is 0 Å². The predicted molar refractivity (Wildman–Crippen MR) is 107 cm³/mol. The van der Waals surface area contributed by atoms with E-state index in [1.165, 1.54) is 5.57 Å². The first-order valence-electron chi connectivity index (χ1n) is 11.2. The first kappa shape index (κ1) is 20.0. The number of hydrogen-bond donors (Lipinski definition) is 0. The topological polar surface area (TPSA) is 60.4 Å². The number of hydrogen-bond acceptors (Lipinski definition) is 4. The Kier molecular flexibility index (Phi) is 5.14. The van der Waals surface area contributed by atoms with E-state index in [1.54, 1.807) is 0 Å². The van der Waals surface area contributed by atoms with Gasteiger partial charge in [-0.15, -0.1) is 0 Å². The molecule has 0 heterocycles. The molecule has 0 spiro atoms. The molecule has 4 nitrogen and oxygen atoms in total.